The highest BCUT2D eigenvalue weighted by Gasteiger charge is 2.05. The summed E-state index contributed by atoms with van der Waals surface area (Å²) in [5, 5.41) is 0. The maximum absolute atomic E-state index is 5.00. The molecule has 0 aliphatic rings. The smallest absolute Gasteiger partial charge is 0.0615 e. The van der Waals surface area contributed by atoms with Gasteiger partial charge in [0.1, 0.15) is 0 Å². The SMILES string of the molecule is C=CCN(C)[C@@H](C)COC. The molecule has 0 aromatic heterocycles. The molecule has 0 unspecified atom stereocenters. The maximum atomic E-state index is 5.00. The highest BCUT2D eigenvalue weighted by Crippen LogP contribution is 1.94. The molecular weight excluding hydrogens is 126 g/mol. The van der Waals surface area contributed by atoms with Gasteiger partial charge in [0.15, 0.2) is 0 Å². The Balaban J connectivity index is 3.47. The molecule has 0 saturated heterocycles. The van der Waals surface area contributed by atoms with Crippen LogP contribution in [0.4, 0.5) is 0 Å². The monoisotopic (exact) mass is 143 g/mol. The lowest BCUT2D eigenvalue weighted by Crippen LogP contribution is -2.32. The number of hydrogen-bond donors (Lipinski definition) is 0. The Kier molecular flexibility index (Phi) is 5.26. The Hall–Kier alpha value is -0.340. The van der Waals surface area contributed by atoms with Crippen molar-refractivity contribution in [2.75, 3.05) is 27.3 Å². The third kappa shape index (κ3) is 3.64. The molecule has 0 bridgehead atoms. The van der Waals surface area contributed by atoms with Gasteiger partial charge in [-0.2, -0.15) is 0 Å². The van der Waals surface area contributed by atoms with Crippen LogP contribution in [0.25, 0.3) is 0 Å². The quantitative estimate of drug-likeness (QED) is 0.535. The molecule has 0 aliphatic heterocycles. The zero-order chi connectivity index (χ0) is 7.98. The van der Waals surface area contributed by atoms with E-state index in [1.165, 1.54) is 0 Å². The molecule has 0 rings (SSSR count). The molecule has 60 valence electrons. The van der Waals surface area contributed by atoms with Gasteiger partial charge in [0.2, 0.25) is 0 Å². The Morgan fingerprint density at radius 3 is 2.70 bits per heavy atom. The van der Waals surface area contributed by atoms with E-state index in [2.05, 4.69) is 25.5 Å². The second-order valence-corrected chi connectivity index (χ2v) is 2.53. The van der Waals surface area contributed by atoms with Gasteiger partial charge < -0.3 is 4.74 Å². The van der Waals surface area contributed by atoms with E-state index in [-0.39, 0.29) is 0 Å². The van der Waals surface area contributed by atoms with Crippen LogP contribution >= 0.6 is 0 Å². The molecular formula is C8H17NO. The number of likely N-dealkylation sites (N-methyl/N-ethyl adjacent to an activating group) is 1. The number of hydrogen-bond acceptors (Lipinski definition) is 2. The number of nitrogens with zero attached hydrogens (tertiary/aromatic N) is 1. The molecule has 0 spiro atoms. The molecule has 0 radical (unpaired) electrons. The maximum Gasteiger partial charge on any atom is 0.0615 e. The molecule has 10 heavy (non-hydrogen) atoms. The first-order valence-electron chi connectivity index (χ1n) is 3.52. The predicted molar refractivity (Wildman–Crippen MR) is 44.2 cm³/mol. The van der Waals surface area contributed by atoms with Crippen molar-refractivity contribution in [3.05, 3.63) is 12.7 Å². The van der Waals surface area contributed by atoms with E-state index >= 15 is 0 Å². The zero-order valence-electron chi connectivity index (χ0n) is 7.13. The normalized spacial score (nSPS) is 13.6. The number of methoxy groups -OCH3 is 1. The zero-order valence-corrected chi connectivity index (χ0v) is 7.13. The van der Waals surface area contributed by atoms with Crippen molar-refractivity contribution in [1.82, 2.24) is 4.90 Å². The summed E-state index contributed by atoms with van der Waals surface area (Å²) in [4.78, 5) is 2.19. The molecule has 1 atom stereocenters. The molecule has 0 N–H and O–H groups in total. The van der Waals surface area contributed by atoms with Crippen LogP contribution in [-0.2, 0) is 4.74 Å². The first-order valence-corrected chi connectivity index (χ1v) is 3.52. The summed E-state index contributed by atoms with van der Waals surface area (Å²) in [6.07, 6.45) is 1.90. The van der Waals surface area contributed by atoms with Gasteiger partial charge in [0, 0.05) is 19.7 Å². The molecule has 0 fully saturated rings. The topological polar surface area (TPSA) is 12.5 Å². The van der Waals surface area contributed by atoms with Gasteiger partial charge in [-0.15, -0.1) is 6.58 Å². The van der Waals surface area contributed by atoms with Crippen molar-refractivity contribution in [3.8, 4) is 0 Å². The van der Waals surface area contributed by atoms with Crippen LogP contribution in [0.2, 0.25) is 0 Å². The van der Waals surface area contributed by atoms with Gasteiger partial charge >= 0.3 is 0 Å². The van der Waals surface area contributed by atoms with Gasteiger partial charge in [-0.25, -0.2) is 0 Å². The van der Waals surface area contributed by atoms with E-state index in [1.807, 2.05) is 6.08 Å². The average molecular weight is 143 g/mol. The van der Waals surface area contributed by atoms with Crippen LogP contribution in [0.15, 0.2) is 12.7 Å². The molecule has 0 aromatic carbocycles. The van der Waals surface area contributed by atoms with Crippen molar-refractivity contribution >= 4 is 0 Å². The van der Waals surface area contributed by atoms with E-state index < -0.39 is 0 Å². The fraction of sp³-hybridized carbons (Fsp3) is 0.750. The van der Waals surface area contributed by atoms with Crippen LogP contribution in [0, 0.1) is 0 Å². The summed E-state index contributed by atoms with van der Waals surface area (Å²) in [6, 6.07) is 0.475. The van der Waals surface area contributed by atoms with Crippen molar-refractivity contribution in [2.24, 2.45) is 0 Å². The molecule has 0 saturated carbocycles. The Morgan fingerprint density at radius 1 is 1.70 bits per heavy atom. The average Bonchev–Trinajstić information content (AvgIpc) is 1.89. The Labute approximate surface area is 63.5 Å². The second kappa shape index (κ2) is 5.45. The van der Waals surface area contributed by atoms with E-state index in [1.54, 1.807) is 7.11 Å². The molecule has 2 nitrogen and oxygen atoms in total. The summed E-state index contributed by atoms with van der Waals surface area (Å²) < 4.78 is 5.00. The lowest BCUT2D eigenvalue weighted by atomic mass is 10.3. The van der Waals surface area contributed by atoms with Crippen LogP contribution in [0.1, 0.15) is 6.92 Å². The third-order valence-corrected chi connectivity index (χ3v) is 1.58. The van der Waals surface area contributed by atoms with Gasteiger partial charge in [-0.3, -0.25) is 4.90 Å². The summed E-state index contributed by atoms with van der Waals surface area (Å²) in [5.41, 5.74) is 0. The van der Waals surface area contributed by atoms with E-state index in [0.717, 1.165) is 13.2 Å². The summed E-state index contributed by atoms with van der Waals surface area (Å²) in [5.74, 6) is 0. The Morgan fingerprint density at radius 2 is 2.30 bits per heavy atom. The lowest BCUT2D eigenvalue weighted by molar-refractivity contribution is 0.122. The molecule has 0 amide bonds. The summed E-state index contributed by atoms with van der Waals surface area (Å²) >= 11 is 0. The highest BCUT2D eigenvalue weighted by molar-refractivity contribution is 4.74. The van der Waals surface area contributed by atoms with Crippen LogP contribution in [0.5, 0.6) is 0 Å². The minimum Gasteiger partial charge on any atom is -0.383 e. The molecule has 0 heterocycles. The number of ether oxygens (including phenoxy) is 1. The first-order chi connectivity index (χ1) is 4.72. The third-order valence-electron chi connectivity index (χ3n) is 1.58. The lowest BCUT2D eigenvalue weighted by Gasteiger charge is -2.21. The van der Waals surface area contributed by atoms with Crippen molar-refractivity contribution < 1.29 is 4.74 Å². The standard InChI is InChI=1S/C8H17NO/c1-5-6-9(3)8(2)7-10-4/h5,8H,1,6-7H2,2-4H3/t8-/m0/s1. The fourth-order valence-electron chi connectivity index (χ4n) is 0.752. The molecule has 0 aliphatic carbocycles. The second-order valence-electron chi connectivity index (χ2n) is 2.53. The van der Waals surface area contributed by atoms with Crippen molar-refractivity contribution in [3.63, 3.8) is 0 Å². The highest BCUT2D eigenvalue weighted by atomic mass is 16.5. The number of rotatable bonds is 5. The van der Waals surface area contributed by atoms with Gasteiger partial charge in [0.25, 0.3) is 0 Å². The van der Waals surface area contributed by atoms with Crippen LogP contribution in [-0.4, -0.2) is 38.3 Å². The molecule has 0 aromatic rings. The van der Waals surface area contributed by atoms with E-state index in [0.29, 0.717) is 6.04 Å². The minimum atomic E-state index is 0.475. The summed E-state index contributed by atoms with van der Waals surface area (Å²) in [7, 11) is 3.78. The summed E-state index contributed by atoms with van der Waals surface area (Å²) in [6.45, 7) is 7.50. The molecule has 2 heteroatoms. The first kappa shape index (κ1) is 9.66. The fourth-order valence-corrected chi connectivity index (χ4v) is 0.752. The van der Waals surface area contributed by atoms with Crippen LogP contribution < -0.4 is 0 Å². The van der Waals surface area contributed by atoms with Crippen molar-refractivity contribution in [1.29, 1.82) is 0 Å². The largest absolute Gasteiger partial charge is 0.383 e. The van der Waals surface area contributed by atoms with E-state index in [4.69, 9.17) is 4.74 Å². The minimum absolute atomic E-state index is 0.475. The predicted octanol–water partition coefficient (Wildman–Crippen LogP) is 1.14. The van der Waals surface area contributed by atoms with Gasteiger partial charge in [-0.1, -0.05) is 6.08 Å². The van der Waals surface area contributed by atoms with Gasteiger partial charge in [0.05, 0.1) is 6.61 Å². The van der Waals surface area contributed by atoms with Crippen LogP contribution in [0.3, 0.4) is 0 Å². The van der Waals surface area contributed by atoms with E-state index in [9.17, 15) is 0 Å². The van der Waals surface area contributed by atoms with Crippen molar-refractivity contribution in [2.45, 2.75) is 13.0 Å². The Bertz CT molecular complexity index is 93.3. The van der Waals surface area contributed by atoms with Gasteiger partial charge in [-0.05, 0) is 14.0 Å².